The largest absolute Gasteiger partial charge is 0.349 e. The zero-order valence-corrected chi connectivity index (χ0v) is 10.2. The van der Waals surface area contributed by atoms with Crippen LogP contribution in [-0.2, 0) is 0 Å². The summed E-state index contributed by atoms with van der Waals surface area (Å²) in [5, 5.41) is 2.97. The van der Waals surface area contributed by atoms with Gasteiger partial charge in [0.25, 0.3) is 5.91 Å². The van der Waals surface area contributed by atoms with Crippen molar-refractivity contribution in [3.8, 4) is 0 Å². The zero-order chi connectivity index (χ0) is 12.3. The van der Waals surface area contributed by atoms with Gasteiger partial charge in [0, 0.05) is 17.5 Å². The van der Waals surface area contributed by atoms with Gasteiger partial charge < -0.3 is 5.32 Å². The Balaban J connectivity index is 1.99. The van der Waals surface area contributed by atoms with Crippen LogP contribution < -0.4 is 5.32 Å². The van der Waals surface area contributed by atoms with Crippen LogP contribution in [-0.4, -0.2) is 17.8 Å². The number of benzene rings is 1. The molecule has 4 heteroatoms. The number of hydrogen-bond acceptors (Lipinski definition) is 1. The minimum atomic E-state index is -0.332. The molecule has 1 fully saturated rings. The quantitative estimate of drug-likeness (QED) is 0.827. The van der Waals surface area contributed by atoms with Gasteiger partial charge in [0.15, 0.2) is 0 Å². The molecular weight excluding hydrogens is 241 g/mol. The summed E-state index contributed by atoms with van der Waals surface area (Å²) >= 11 is 5.85. The third kappa shape index (κ3) is 2.97. The molecule has 0 aliphatic heterocycles. The maximum atomic E-state index is 12.7. The first-order valence-electron chi connectivity index (χ1n) is 5.83. The highest BCUT2D eigenvalue weighted by atomic mass is 35.5. The number of amides is 1. The summed E-state index contributed by atoms with van der Waals surface area (Å²) in [5.74, 6) is 0.461. The van der Waals surface area contributed by atoms with Gasteiger partial charge >= 0.3 is 0 Å². The van der Waals surface area contributed by atoms with Crippen molar-refractivity contribution in [3.05, 3.63) is 35.6 Å². The van der Waals surface area contributed by atoms with E-state index in [1.807, 2.05) is 0 Å². The normalized spacial score (nSPS) is 23.6. The Hall–Kier alpha value is -1.09. The summed E-state index contributed by atoms with van der Waals surface area (Å²) in [4.78, 5) is 11.9. The highest BCUT2D eigenvalue weighted by Crippen LogP contribution is 2.26. The second-order valence-corrected chi connectivity index (χ2v) is 4.74. The topological polar surface area (TPSA) is 29.1 Å². The van der Waals surface area contributed by atoms with Crippen molar-refractivity contribution in [1.82, 2.24) is 5.32 Å². The van der Waals surface area contributed by atoms with Gasteiger partial charge in [0.05, 0.1) is 0 Å². The second-order valence-electron chi connectivity index (χ2n) is 4.43. The SMILES string of the molecule is O=C(NC1CCCC1CCl)c1ccc(F)cc1. The Morgan fingerprint density at radius 1 is 1.35 bits per heavy atom. The van der Waals surface area contributed by atoms with Crippen LogP contribution in [0.25, 0.3) is 0 Å². The summed E-state index contributed by atoms with van der Waals surface area (Å²) in [6.45, 7) is 0. The van der Waals surface area contributed by atoms with E-state index >= 15 is 0 Å². The van der Waals surface area contributed by atoms with E-state index in [1.165, 1.54) is 24.3 Å². The van der Waals surface area contributed by atoms with Crippen LogP contribution in [0.2, 0.25) is 0 Å². The number of alkyl halides is 1. The maximum Gasteiger partial charge on any atom is 0.251 e. The molecule has 0 aromatic heterocycles. The standard InChI is InChI=1S/C13H15ClFNO/c14-8-10-2-1-3-12(10)16-13(17)9-4-6-11(15)7-5-9/h4-7,10,12H,1-3,8H2,(H,16,17). The molecule has 2 atom stereocenters. The summed E-state index contributed by atoms with van der Waals surface area (Å²) in [7, 11) is 0. The molecular formula is C13H15ClFNO. The van der Waals surface area contributed by atoms with Crippen LogP contribution in [0.15, 0.2) is 24.3 Å². The van der Waals surface area contributed by atoms with Crippen molar-refractivity contribution in [2.75, 3.05) is 5.88 Å². The molecule has 0 radical (unpaired) electrons. The maximum absolute atomic E-state index is 12.7. The molecule has 2 nitrogen and oxygen atoms in total. The van der Waals surface area contributed by atoms with Crippen LogP contribution in [0.1, 0.15) is 29.6 Å². The first-order chi connectivity index (χ1) is 8.20. The molecule has 17 heavy (non-hydrogen) atoms. The van der Waals surface area contributed by atoms with Gasteiger partial charge in [-0.1, -0.05) is 6.42 Å². The Kier molecular flexibility index (Phi) is 4.00. The number of carbonyl (C=O) groups excluding carboxylic acids is 1. The smallest absolute Gasteiger partial charge is 0.251 e. The van der Waals surface area contributed by atoms with E-state index in [9.17, 15) is 9.18 Å². The summed E-state index contributed by atoms with van der Waals surface area (Å²) in [6, 6.07) is 5.74. The minimum absolute atomic E-state index is 0.146. The first-order valence-corrected chi connectivity index (χ1v) is 6.36. The summed E-state index contributed by atoms with van der Waals surface area (Å²) < 4.78 is 12.7. The molecule has 1 amide bonds. The summed E-state index contributed by atoms with van der Waals surface area (Å²) in [5.41, 5.74) is 0.492. The van der Waals surface area contributed by atoms with Crippen LogP contribution >= 0.6 is 11.6 Å². The molecule has 0 bridgehead atoms. The Labute approximate surface area is 105 Å². The number of carbonyl (C=O) groups is 1. The van der Waals surface area contributed by atoms with Crippen LogP contribution in [0.3, 0.4) is 0 Å². The fourth-order valence-electron chi connectivity index (χ4n) is 2.26. The predicted molar refractivity (Wildman–Crippen MR) is 65.7 cm³/mol. The third-order valence-electron chi connectivity index (χ3n) is 3.28. The molecule has 1 aromatic carbocycles. The fraction of sp³-hybridized carbons (Fsp3) is 0.462. The van der Waals surface area contributed by atoms with Gasteiger partial charge in [-0.3, -0.25) is 4.79 Å². The lowest BCUT2D eigenvalue weighted by Crippen LogP contribution is -2.37. The monoisotopic (exact) mass is 255 g/mol. The van der Waals surface area contributed by atoms with E-state index in [0.29, 0.717) is 17.4 Å². The van der Waals surface area contributed by atoms with E-state index in [4.69, 9.17) is 11.6 Å². The molecule has 92 valence electrons. The van der Waals surface area contributed by atoms with Crippen molar-refractivity contribution in [2.24, 2.45) is 5.92 Å². The molecule has 0 spiro atoms. The van der Waals surface area contributed by atoms with Gasteiger partial charge in [-0.05, 0) is 43.0 Å². The fourth-order valence-corrected chi connectivity index (χ4v) is 2.63. The molecule has 0 saturated heterocycles. The predicted octanol–water partition coefficient (Wildman–Crippen LogP) is 2.96. The first kappa shape index (κ1) is 12.4. The molecule has 1 N–H and O–H groups in total. The number of halogens is 2. The highest BCUT2D eigenvalue weighted by Gasteiger charge is 2.27. The number of rotatable bonds is 3. The minimum Gasteiger partial charge on any atom is -0.349 e. The number of nitrogens with one attached hydrogen (secondary N) is 1. The Morgan fingerprint density at radius 2 is 2.06 bits per heavy atom. The Bertz CT molecular complexity index is 393. The molecule has 1 aliphatic carbocycles. The van der Waals surface area contributed by atoms with Crippen molar-refractivity contribution < 1.29 is 9.18 Å². The van der Waals surface area contributed by atoms with Crippen LogP contribution in [0, 0.1) is 11.7 Å². The van der Waals surface area contributed by atoms with Crippen LogP contribution in [0.5, 0.6) is 0 Å². The van der Waals surface area contributed by atoms with E-state index in [2.05, 4.69) is 5.32 Å². The van der Waals surface area contributed by atoms with E-state index in [-0.39, 0.29) is 17.8 Å². The number of hydrogen-bond donors (Lipinski definition) is 1. The highest BCUT2D eigenvalue weighted by molar-refractivity contribution is 6.18. The lowest BCUT2D eigenvalue weighted by atomic mass is 10.1. The van der Waals surface area contributed by atoms with Gasteiger partial charge in [0.2, 0.25) is 0 Å². The average molecular weight is 256 g/mol. The molecule has 2 unspecified atom stereocenters. The van der Waals surface area contributed by atoms with Gasteiger partial charge in [-0.25, -0.2) is 4.39 Å². The second kappa shape index (κ2) is 5.50. The molecule has 1 aliphatic rings. The van der Waals surface area contributed by atoms with Crippen molar-refractivity contribution in [2.45, 2.75) is 25.3 Å². The molecule has 1 aromatic rings. The summed E-state index contributed by atoms with van der Waals surface area (Å²) in [6.07, 6.45) is 3.15. The molecule has 1 saturated carbocycles. The van der Waals surface area contributed by atoms with Gasteiger partial charge in [-0.2, -0.15) is 0 Å². The van der Waals surface area contributed by atoms with E-state index < -0.39 is 0 Å². The molecule has 2 rings (SSSR count). The Morgan fingerprint density at radius 3 is 2.71 bits per heavy atom. The molecule has 0 heterocycles. The van der Waals surface area contributed by atoms with Gasteiger partial charge in [0.1, 0.15) is 5.82 Å². The van der Waals surface area contributed by atoms with E-state index in [0.717, 1.165) is 19.3 Å². The van der Waals surface area contributed by atoms with Gasteiger partial charge in [-0.15, -0.1) is 11.6 Å². The lowest BCUT2D eigenvalue weighted by Gasteiger charge is -2.18. The zero-order valence-electron chi connectivity index (χ0n) is 9.46. The average Bonchev–Trinajstić information content (AvgIpc) is 2.77. The van der Waals surface area contributed by atoms with Crippen molar-refractivity contribution in [3.63, 3.8) is 0 Å². The van der Waals surface area contributed by atoms with E-state index in [1.54, 1.807) is 0 Å². The van der Waals surface area contributed by atoms with Crippen LogP contribution in [0.4, 0.5) is 4.39 Å². The third-order valence-corrected chi connectivity index (χ3v) is 3.68. The lowest BCUT2D eigenvalue weighted by molar-refractivity contribution is 0.0930. The van der Waals surface area contributed by atoms with Crippen molar-refractivity contribution >= 4 is 17.5 Å². The van der Waals surface area contributed by atoms with Crippen molar-refractivity contribution in [1.29, 1.82) is 0 Å².